The number of unbranched alkanes of at least 4 members (excludes halogenated alkanes) is 34. The fourth-order valence-electron chi connectivity index (χ4n) is 7.83. The van der Waals surface area contributed by atoms with E-state index in [4.69, 9.17) is 0 Å². The standard InChI is InChI=1S/C48H92N/c1-4-7-10-13-16-19-22-25-28-31-34-37-40-43-49-45-47(41-38-35-32-29-26-23-20-17-14-11-8-5-2)44-48(46-49)42-39-36-33-30-27-24-21-18-15-12-9-6-3/h44-46H,4-43H2,1-3H3/q+1. The van der Waals surface area contributed by atoms with Gasteiger partial charge in [0.1, 0.15) is 6.54 Å². The molecular formula is C48H92N+. The highest BCUT2D eigenvalue weighted by molar-refractivity contribution is 5.15. The molecule has 0 amide bonds. The second-order valence-corrected chi connectivity index (χ2v) is 16.3. The first-order valence-electron chi connectivity index (χ1n) is 23.3. The van der Waals surface area contributed by atoms with Gasteiger partial charge in [-0.15, -0.1) is 0 Å². The van der Waals surface area contributed by atoms with Crippen molar-refractivity contribution in [3.63, 3.8) is 0 Å². The monoisotopic (exact) mass is 683 g/mol. The van der Waals surface area contributed by atoms with Gasteiger partial charge in [0, 0.05) is 17.5 Å². The number of rotatable bonds is 40. The second kappa shape index (κ2) is 38.4. The first-order chi connectivity index (χ1) is 24.3. The van der Waals surface area contributed by atoms with E-state index in [1.807, 2.05) is 0 Å². The summed E-state index contributed by atoms with van der Waals surface area (Å²) in [5.41, 5.74) is 3.22. The van der Waals surface area contributed by atoms with E-state index in [0.717, 1.165) is 0 Å². The van der Waals surface area contributed by atoms with E-state index in [2.05, 4.69) is 43.8 Å². The van der Waals surface area contributed by atoms with Gasteiger partial charge in [-0.1, -0.05) is 233 Å². The third-order valence-corrected chi connectivity index (χ3v) is 11.2. The summed E-state index contributed by atoms with van der Waals surface area (Å²) < 4.78 is 2.59. The highest BCUT2D eigenvalue weighted by atomic mass is 14.9. The Labute approximate surface area is 311 Å². The fourth-order valence-corrected chi connectivity index (χ4v) is 7.83. The lowest BCUT2D eigenvalue weighted by Gasteiger charge is -2.08. The molecule has 0 unspecified atom stereocenters. The van der Waals surface area contributed by atoms with Crippen molar-refractivity contribution in [1.29, 1.82) is 0 Å². The van der Waals surface area contributed by atoms with E-state index in [-0.39, 0.29) is 0 Å². The highest BCUT2D eigenvalue weighted by Gasteiger charge is 2.09. The van der Waals surface area contributed by atoms with E-state index < -0.39 is 0 Å². The lowest BCUT2D eigenvalue weighted by atomic mass is 10.0. The third-order valence-electron chi connectivity index (χ3n) is 11.2. The Balaban J connectivity index is 2.31. The molecule has 1 aromatic heterocycles. The average molecular weight is 683 g/mol. The summed E-state index contributed by atoms with van der Waals surface area (Å²) >= 11 is 0. The molecule has 0 saturated carbocycles. The molecular weight excluding hydrogens is 591 g/mol. The molecule has 1 heterocycles. The van der Waals surface area contributed by atoms with Crippen LogP contribution in [0, 0.1) is 0 Å². The van der Waals surface area contributed by atoms with Gasteiger partial charge in [-0.25, -0.2) is 4.57 Å². The molecule has 1 heteroatoms. The number of aromatic nitrogens is 1. The van der Waals surface area contributed by atoms with Gasteiger partial charge in [0.15, 0.2) is 12.4 Å². The molecule has 1 nitrogen and oxygen atoms in total. The maximum atomic E-state index is 2.59. The second-order valence-electron chi connectivity index (χ2n) is 16.3. The van der Waals surface area contributed by atoms with Crippen molar-refractivity contribution < 1.29 is 4.57 Å². The summed E-state index contributed by atoms with van der Waals surface area (Å²) in [6, 6.07) is 2.58. The summed E-state index contributed by atoms with van der Waals surface area (Å²) in [7, 11) is 0. The van der Waals surface area contributed by atoms with Crippen molar-refractivity contribution in [2.45, 2.75) is 278 Å². The SMILES string of the molecule is CCCCCCCCCCCCCCC[n+]1cc(CCCCCCCCCCCCCC)cc(CCCCCCCCCCCCCC)c1. The molecule has 0 aliphatic rings. The molecule has 0 radical (unpaired) electrons. The highest BCUT2D eigenvalue weighted by Crippen LogP contribution is 2.17. The van der Waals surface area contributed by atoms with Crippen LogP contribution >= 0.6 is 0 Å². The van der Waals surface area contributed by atoms with E-state index in [0.29, 0.717) is 0 Å². The number of hydrogen-bond donors (Lipinski definition) is 0. The van der Waals surface area contributed by atoms with E-state index in [9.17, 15) is 0 Å². The molecule has 0 spiro atoms. The topological polar surface area (TPSA) is 3.88 Å². The smallest absolute Gasteiger partial charge is 0.171 e. The number of hydrogen-bond acceptors (Lipinski definition) is 0. The van der Waals surface area contributed by atoms with Crippen molar-refractivity contribution in [3.8, 4) is 0 Å². The normalized spacial score (nSPS) is 11.6. The first kappa shape index (κ1) is 46.2. The van der Waals surface area contributed by atoms with Crippen molar-refractivity contribution in [3.05, 3.63) is 29.6 Å². The van der Waals surface area contributed by atoms with Crippen LogP contribution in [0.15, 0.2) is 18.5 Å². The zero-order valence-corrected chi connectivity index (χ0v) is 34.5. The minimum absolute atomic E-state index is 1.22. The van der Waals surface area contributed by atoms with Crippen molar-refractivity contribution in [1.82, 2.24) is 0 Å². The number of pyridine rings is 1. The Hall–Kier alpha value is -0.850. The summed E-state index contributed by atoms with van der Waals surface area (Å²) in [6.45, 7) is 8.16. The molecule has 0 fully saturated rings. The summed E-state index contributed by atoms with van der Waals surface area (Å²) in [6.07, 6.45) is 60.8. The Bertz CT molecular complexity index is 722. The first-order valence-corrected chi connectivity index (χ1v) is 23.3. The molecule has 0 aliphatic heterocycles. The number of nitrogens with zero attached hydrogens (tertiary/aromatic N) is 1. The Morgan fingerprint density at radius 2 is 0.510 bits per heavy atom. The molecule has 288 valence electrons. The Morgan fingerprint density at radius 3 is 0.776 bits per heavy atom. The molecule has 0 bridgehead atoms. The lowest BCUT2D eigenvalue weighted by Crippen LogP contribution is -2.34. The van der Waals surface area contributed by atoms with Gasteiger partial charge < -0.3 is 0 Å². The summed E-state index contributed by atoms with van der Waals surface area (Å²) in [5, 5.41) is 0. The van der Waals surface area contributed by atoms with Gasteiger partial charge in [0.05, 0.1) is 0 Å². The van der Waals surface area contributed by atoms with Crippen LogP contribution < -0.4 is 4.57 Å². The largest absolute Gasteiger partial charge is 0.205 e. The van der Waals surface area contributed by atoms with Gasteiger partial charge in [-0.05, 0) is 38.2 Å². The van der Waals surface area contributed by atoms with Crippen LogP contribution in [-0.4, -0.2) is 0 Å². The predicted molar refractivity (Wildman–Crippen MR) is 222 cm³/mol. The number of aryl methyl sites for hydroxylation is 3. The van der Waals surface area contributed by atoms with Gasteiger partial charge in [0.2, 0.25) is 0 Å². The summed E-state index contributed by atoms with van der Waals surface area (Å²) in [4.78, 5) is 0. The van der Waals surface area contributed by atoms with E-state index in [1.54, 1.807) is 11.1 Å². The maximum Gasteiger partial charge on any atom is 0.171 e. The van der Waals surface area contributed by atoms with Crippen LogP contribution in [0.3, 0.4) is 0 Å². The molecule has 1 rings (SSSR count). The quantitative estimate of drug-likeness (QED) is 0.0479. The van der Waals surface area contributed by atoms with Crippen LogP contribution in [-0.2, 0) is 19.4 Å². The average Bonchev–Trinajstić information content (AvgIpc) is 3.11. The van der Waals surface area contributed by atoms with Crippen LogP contribution in [0.25, 0.3) is 0 Å². The molecule has 0 saturated heterocycles. The molecule has 0 atom stereocenters. The van der Waals surface area contributed by atoms with E-state index >= 15 is 0 Å². The van der Waals surface area contributed by atoms with Crippen LogP contribution in [0.5, 0.6) is 0 Å². The van der Waals surface area contributed by atoms with Crippen molar-refractivity contribution in [2.75, 3.05) is 0 Å². The summed E-state index contributed by atoms with van der Waals surface area (Å²) in [5.74, 6) is 0. The zero-order valence-electron chi connectivity index (χ0n) is 34.5. The van der Waals surface area contributed by atoms with Crippen LogP contribution in [0.4, 0.5) is 0 Å². The fraction of sp³-hybridized carbons (Fsp3) is 0.896. The molecule has 0 aliphatic carbocycles. The van der Waals surface area contributed by atoms with Gasteiger partial charge in [-0.2, -0.15) is 0 Å². The van der Waals surface area contributed by atoms with Gasteiger partial charge in [-0.3, -0.25) is 0 Å². The Kier molecular flexibility index (Phi) is 36.2. The maximum absolute atomic E-state index is 2.59. The predicted octanol–water partition coefficient (Wildman–Crippen LogP) is 16.6. The van der Waals surface area contributed by atoms with Crippen LogP contribution in [0.2, 0.25) is 0 Å². The molecule has 0 N–H and O–H groups in total. The lowest BCUT2D eigenvalue weighted by molar-refractivity contribution is -0.698. The zero-order chi connectivity index (χ0) is 35.1. The van der Waals surface area contributed by atoms with Crippen molar-refractivity contribution >= 4 is 0 Å². The molecule has 1 aromatic rings. The minimum Gasteiger partial charge on any atom is -0.205 e. The molecule has 0 aromatic carbocycles. The van der Waals surface area contributed by atoms with Gasteiger partial charge in [0.25, 0.3) is 0 Å². The third kappa shape index (κ3) is 32.8. The minimum atomic E-state index is 1.22. The Morgan fingerprint density at radius 1 is 0.286 bits per heavy atom. The van der Waals surface area contributed by atoms with Gasteiger partial charge >= 0.3 is 0 Å². The molecule has 49 heavy (non-hydrogen) atoms. The van der Waals surface area contributed by atoms with Crippen LogP contribution in [0.1, 0.15) is 269 Å². The van der Waals surface area contributed by atoms with E-state index in [1.165, 1.54) is 257 Å². The van der Waals surface area contributed by atoms with Crippen molar-refractivity contribution in [2.24, 2.45) is 0 Å².